The number of rotatable bonds is 4. The Morgan fingerprint density at radius 2 is 1.11 bits per heavy atom. The van der Waals surface area contributed by atoms with Gasteiger partial charge in [-0.25, -0.2) is 9.59 Å². The van der Waals surface area contributed by atoms with E-state index in [1.807, 2.05) is 48.5 Å². The van der Waals surface area contributed by atoms with E-state index in [1.54, 1.807) is 48.5 Å². The maximum Gasteiger partial charge on any atom is 0.328 e. The fraction of sp³-hybridized carbons (Fsp3) is 0.0323. The number of aromatic hydroxyl groups is 2. The van der Waals surface area contributed by atoms with Crippen molar-refractivity contribution in [2.45, 2.75) is 6.42 Å². The lowest BCUT2D eigenvalue weighted by Crippen LogP contribution is -1.94. The molecule has 6 nitrogen and oxygen atoms in total. The topological polar surface area (TPSA) is 115 Å². The highest BCUT2D eigenvalue weighted by Crippen LogP contribution is 2.40. The number of benzene rings is 4. The van der Waals surface area contributed by atoms with E-state index in [1.165, 1.54) is 17.7 Å². The van der Waals surface area contributed by atoms with Crippen LogP contribution in [0.25, 0.3) is 23.3 Å². The first-order valence-electron chi connectivity index (χ1n) is 11.4. The number of carbonyl (C=O) groups is 2. The van der Waals surface area contributed by atoms with Crippen molar-refractivity contribution in [1.29, 1.82) is 0 Å². The van der Waals surface area contributed by atoms with Gasteiger partial charge in [0.05, 0.1) is 0 Å². The molecule has 0 aliphatic heterocycles. The van der Waals surface area contributed by atoms with Crippen LogP contribution in [0, 0.1) is 0 Å². The third-order valence-corrected chi connectivity index (χ3v) is 5.38. The number of carboxylic acids is 2. The second kappa shape index (κ2) is 13.1. The van der Waals surface area contributed by atoms with Crippen molar-refractivity contribution in [1.82, 2.24) is 0 Å². The van der Waals surface area contributed by atoms with Gasteiger partial charge in [0.15, 0.2) is 0 Å². The Labute approximate surface area is 214 Å². The lowest BCUT2D eigenvalue weighted by Gasteiger charge is -2.09. The van der Waals surface area contributed by atoms with Gasteiger partial charge in [0.2, 0.25) is 0 Å². The molecule has 0 heterocycles. The van der Waals surface area contributed by atoms with E-state index in [-0.39, 0.29) is 0 Å². The highest BCUT2D eigenvalue weighted by molar-refractivity contribution is 5.92. The van der Waals surface area contributed by atoms with E-state index < -0.39 is 11.9 Å². The number of phenolic OH excluding ortho intramolecular Hbond substituents is 2. The fourth-order valence-corrected chi connectivity index (χ4v) is 3.77. The SMILES string of the molecule is O=C(O)C=Cc1ccc2c(c1C=CC(=O)O)Cc1ccccc1-2.Oc1ccccc1.Oc1ccccc1. The number of fused-ring (bicyclic) bond motifs is 3. The Morgan fingerprint density at radius 1 is 0.595 bits per heavy atom. The molecule has 5 rings (SSSR count). The summed E-state index contributed by atoms with van der Waals surface area (Å²) in [6.45, 7) is 0. The van der Waals surface area contributed by atoms with Gasteiger partial charge in [0.1, 0.15) is 11.5 Å². The maximum atomic E-state index is 10.9. The van der Waals surface area contributed by atoms with Gasteiger partial charge in [-0.3, -0.25) is 0 Å². The minimum Gasteiger partial charge on any atom is -0.508 e. The number of hydrogen-bond acceptors (Lipinski definition) is 4. The summed E-state index contributed by atoms with van der Waals surface area (Å²) in [6, 6.07) is 29.2. The molecular weight excluding hydrogens is 468 g/mol. The highest BCUT2D eigenvalue weighted by Gasteiger charge is 2.21. The van der Waals surface area contributed by atoms with Crippen LogP contribution in [0.2, 0.25) is 0 Å². The van der Waals surface area contributed by atoms with Crippen LogP contribution in [0.4, 0.5) is 0 Å². The summed E-state index contributed by atoms with van der Waals surface area (Å²) < 4.78 is 0. The zero-order valence-electron chi connectivity index (χ0n) is 19.9. The molecule has 4 N–H and O–H groups in total. The zero-order valence-corrected chi connectivity index (χ0v) is 19.9. The van der Waals surface area contributed by atoms with Gasteiger partial charge in [-0.1, -0.05) is 72.8 Å². The molecule has 0 bridgehead atoms. The number of aliphatic carboxylic acids is 2. The second-order valence-electron chi connectivity index (χ2n) is 7.94. The molecule has 186 valence electrons. The largest absolute Gasteiger partial charge is 0.508 e. The fourth-order valence-electron chi connectivity index (χ4n) is 3.77. The lowest BCUT2D eigenvalue weighted by atomic mass is 9.95. The average Bonchev–Trinajstić information content (AvgIpc) is 3.27. The van der Waals surface area contributed by atoms with E-state index >= 15 is 0 Å². The predicted octanol–water partition coefficient (Wildman–Crippen LogP) is 6.24. The summed E-state index contributed by atoms with van der Waals surface area (Å²) >= 11 is 0. The van der Waals surface area contributed by atoms with Crippen LogP contribution in [0.15, 0.2) is 109 Å². The Morgan fingerprint density at radius 3 is 1.62 bits per heavy atom. The zero-order chi connectivity index (χ0) is 26.6. The number of para-hydroxylation sites is 2. The average molecular weight is 495 g/mol. The monoisotopic (exact) mass is 494 g/mol. The smallest absolute Gasteiger partial charge is 0.328 e. The summed E-state index contributed by atoms with van der Waals surface area (Å²) in [5, 5.41) is 35.0. The molecule has 37 heavy (non-hydrogen) atoms. The molecule has 1 aliphatic carbocycles. The van der Waals surface area contributed by atoms with Crippen LogP contribution in [0.3, 0.4) is 0 Å². The number of hydrogen-bond donors (Lipinski definition) is 4. The molecule has 0 saturated carbocycles. The van der Waals surface area contributed by atoms with E-state index in [0.717, 1.165) is 34.4 Å². The molecule has 1 aliphatic rings. The van der Waals surface area contributed by atoms with Gasteiger partial charge in [0, 0.05) is 12.2 Å². The summed E-state index contributed by atoms with van der Waals surface area (Å²) in [4.78, 5) is 21.6. The number of carboxylic acid groups (broad SMARTS) is 2. The summed E-state index contributed by atoms with van der Waals surface area (Å²) in [5.74, 6) is -1.43. The molecular formula is C31H26O6. The molecule has 0 atom stereocenters. The first kappa shape index (κ1) is 26.5. The molecule has 0 radical (unpaired) electrons. The molecule has 4 aromatic rings. The van der Waals surface area contributed by atoms with E-state index in [0.29, 0.717) is 23.5 Å². The summed E-state index contributed by atoms with van der Waals surface area (Å²) in [7, 11) is 0. The van der Waals surface area contributed by atoms with Crippen LogP contribution >= 0.6 is 0 Å². The second-order valence-corrected chi connectivity index (χ2v) is 7.94. The predicted molar refractivity (Wildman–Crippen MR) is 144 cm³/mol. The van der Waals surface area contributed by atoms with Gasteiger partial charge in [0.25, 0.3) is 0 Å². The van der Waals surface area contributed by atoms with Gasteiger partial charge >= 0.3 is 11.9 Å². The standard InChI is InChI=1S/C19H14O4.2C6H6O/c20-18(21)9-6-12-5-7-16-14-4-2-1-3-13(14)11-17(16)15(12)8-10-19(22)23;2*7-6-4-2-1-3-5-6/h1-10H,11H2,(H,20,21)(H,22,23);2*1-5,7H. The van der Waals surface area contributed by atoms with Crippen molar-refractivity contribution < 1.29 is 30.0 Å². The van der Waals surface area contributed by atoms with Crippen LogP contribution in [0.5, 0.6) is 11.5 Å². The van der Waals surface area contributed by atoms with Gasteiger partial charge in [-0.05, 0) is 76.2 Å². The van der Waals surface area contributed by atoms with Crippen molar-refractivity contribution in [2.75, 3.05) is 0 Å². The van der Waals surface area contributed by atoms with Crippen LogP contribution in [0.1, 0.15) is 22.3 Å². The van der Waals surface area contributed by atoms with E-state index in [2.05, 4.69) is 0 Å². The van der Waals surface area contributed by atoms with Crippen molar-refractivity contribution in [3.05, 3.63) is 131 Å². The van der Waals surface area contributed by atoms with Crippen LogP contribution in [-0.2, 0) is 16.0 Å². The quantitative estimate of drug-likeness (QED) is 0.220. The van der Waals surface area contributed by atoms with Crippen molar-refractivity contribution in [3.63, 3.8) is 0 Å². The van der Waals surface area contributed by atoms with Crippen LogP contribution in [-0.4, -0.2) is 32.4 Å². The molecule has 4 aromatic carbocycles. The first-order chi connectivity index (χ1) is 17.8. The highest BCUT2D eigenvalue weighted by atomic mass is 16.4. The normalized spacial score (nSPS) is 11.0. The van der Waals surface area contributed by atoms with Crippen LogP contribution < -0.4 is 0 Å². The van der Waals surface area contributed by atoms with Gasteiger partial charge < -0.3 is 20.4 Å². The first-order valence-corrected chi connectivity index (χ1v) is 11.4. The summed E-state index contributed by atoms with van der Waals surface area (Å²) in [5.41, 5.74) is 5.86. The lowest BCUT2D eigenvalue weighted by molar-refractivity contribution is -0.132. The van der Waals surface area contributed by atoms with Gasteiger partial charge in [-0.15, -0.1) is 0 Å². The van der Waals surface area contributed by atoms with E-state index in [4.69, 9.17) is 20.4 Å². The Balaban J connectivity index is 0.000000220. The van der Waals surface area contributed by atoms with Crippen molar-refractivity contribution >= 4 is 24.1 Å². The molecule has 0 unspecified atom stereocenters. The molecule has 6 heteroatoms. The summed E-state index contributed by atoms with van der Waals surface area (Å²) in [6.07, 6.45) is 5.87. The minimum absolute atomic E-state index is 0.322. The van der Waals surface area contributed by atoms with Crippen molar-refractivity contribution in [3.8, 4) is 22.6 Å². The van der Waals surface area contributed by atoms with E-state index in [9.17, 15) is 9.59 Å². The van der Waals surface area contributed by atoms with Crippen molar-refractivity contribution in [2.24, 2.45) is 0 Å². The molecule has 0 fully saturated rings. The minimum atomic E-state index is -1.04. The van der Waals surface area contributed by atoms with Gasteiger partial charge in [-0.2, -0.15) is 0 Å². The molecule has 0 amide bonds. The number of phenols is 2. The third-order valence-electron chi connectivity index (χ3n) is 5.38. The molecule has 0 saturated heterocycles. The maximum absolute atomic E-state index is 10.9. The Kier molecular flexibility index (Phi) is 9.39. The Hall–Kier alpha value is -5.10. The third kappa shape index (κ3) is 7.97. The Bertz CT molecular complexity index is 1370. The molecule has 0 spiro atoms. The molecule has 0 aromatic heterocycles.